The summed E-state index contributed by atoms with van der Waals surface area (Å²) in [5.74, 6) is 6.33. The van der Waals surface area contributed by atoms with Crippen molar-refractivity contribution in [1.29, 1.82) is 0 Å². The summed E-state index contributed by atoms with van der Waals surface area (Å²) in [4.78, 5) is 4.03. The largest absolute Gasteiger partial charge is 0.395 e. The average Bonchev–Trinajstić information content (AvgIpc) is 2.37. The number of aryl methyl sites for hydroxylation is 1. The van der Waals surface area contributed by atoms with E-state index in [1.54, 1.807) is 0 Å². The normalized spacial score (nSPS) is 8.91. The van der Waals surface area contributed by atoms with E-state index in [0.717, 1.165) is 10.8 Å². The van der Waals surface area contributed by atoms with Crippen molar-refractivity contribution in [3.63, 3.8) is 0 Å². The van der Waals surface area contributed by atoms with Crippen LogP contribution in [0.15, 0.2) is 0 Å². The molecule has 0 spiro atoms. The van der Waals surface area contributed by atoms with E-state index in [0.29, 0.717) is 6.42 Å². The van der Waals surface area contributed by atoms with Crippen molar-refractivity contribution in [2.24, 2.45) is 0 Å². The molecule has 11 heavy (non-hydrogen) atoms. The van der Waals surface area contributed by atoms with Gasteiger partial charge in [0.25, 0.3) is 0 Å². The standard InChI is InChI=1S/C7H8N2OS/c1-6-8-7(11-9-6)4-2-3-5-10/h10H,3,5H2,1H3. The molecule has 0 aliphatic rings. The quantitative estimate of drug-likeness (QED) is 0.624. The lowest BCUT2D eigenvalue weighted by atomic mass is 10.4. The van der Waals surface area contributed by atoms with Crippen LogP contribution < -0.4 is 0 Å². The highest BCUT2D eigenvalue weighted by Crippen LogP contribution is 2.00. The maximum atomic E-state index is 8.41. The van der Waals surface area contributed by atoms with Crippen LogP contribution in [0.2, 0.25) is 0 Å². The summed E-state index contributed by atoms with van der Waals surface area (Å²) >= 11 is 1.28. The van der Waals surface area contributed by atoms with E-state index < -0.39 is 0 Å². The molecule has 0 saturated carbocycles. The number of aliphatic hydroxyl groups is 1. The topological polar surface area (TPSA) is 46.0 Å². The van der Waals surface area contributed by atoms with Gasteiger partial charge >= 0.3 is 0 Å². The number of rotatable bonds is 1. The van der Waals surface area contributed by atoms with E-state index in [4.69, 9.17) is 5.11 Å². The Hall–Kier alpha value is -0.920. The first-order chi connectivity index (χ1) is 5.33. The molecule has 0 aromatic carbocycles. The van der Waals surface area contributed by atoms with Crippen LogP contribution in [0.5, 0.6) is 0 Å². The molecule has 1 rings (SSSR count). The second kappa shape index (κ2) is 4.06. The monoisotopic (exact) mass is 168 g/mol. The van der Waals surface area contributed by atoms with E-state index in [1.807, 2.05) is 6.92 Å². The number of aromatic nitrogens is 2. The van der Waals surface area contributed by atoms with Gasteiger partial charge in [0.1, 0.15) is 5.82 Å². The molecule has 0 bridgehead atoms. The highest BCUT2D eigenvalue weighted by Gasteiger charge is 1.92. The van der Waals surface area contributed by atoms with Gasteiger partial charge in [-0.25, -0.2) is 4.98 Å². The molecule has 0 radical (unpaired) electrons. The van der Waals surface area contributed by atoms with Gasteiger partial charge in [-0.3, -0.25) is 0 Å². The fraction of sp³-hybridized carbons (Fsp3) is 0.429. The van der Waals surface area contributed by atoms with Crippen molar-refractivity contribution in [1.82, 2.24) is 9.36 Å². The van der Waals surface area contributed by atoms with Gasteiger partial charge in [-0.05, 0) is 24.4 Å². The molecular weight excluding hydrogens is 160 g/mol. The molecule has 0 atom stereocenters. The van der Waals surface area contributed by atoms with Crippen LogP contribution in [0, 0.1) is 18.8 Å². The minimum Gasteiger partial charge on any atom is -0.395 e. The number of hydrogen-bond acceptors (Lipinski definition) is 4. The van der Waals surface area contributed by atoms with Gasteiger partial charge < -0.3 is 5.11 Å². The van der Waals surface area contributed by atoms with Gasteiger partial charge in [-0.1, -0.05) is 5.92 Å². The second-order valence-corrected chi connectivity index (χ2v) is 2.67. The van der Waals surface area contributed by atoms with Gasteiger partial charge in [-0.15, -0.1) is 0 Å². The summed E-state index contributed by atoms with van der Waals surface area (Å²) in [6, 6.07) is 0. The Morgan fingerprint density at radius 3 is 3.00 bits per heavy atom. The Bertz CT molecular complexity index is 284. The van der Waals surface area contributed by atoms with E-state index >= 15 is 0 Å². The zero-order chi connectivity index (χ0) is 8.10. The molecule has 1 aromatic heterocycles. The summed E-state index contributed by atoms with van der Waals surface area (Å²) in [5, 5.41) is 9.13. The fourth-order valence-electron chi connectivity index (χ4n) is 0.542. The zero-order valence-corrected chi connectivity index (χ0v) is 6.98. The van der Waals surface area contributed by atoms with E-state index in [2.05, 4.69) is 21.2 Å². The predicted octanol–water partition coefficient (Wildman–Crippen LogP) is 0.580. The lowest BCUT2D eigenvalue weighted by molar-refractivity contribution is 0.305. The molecule has 1 N–H and O–H groups in total. The summed E-state index contributed by atoms with van der Waals surface area (Å²) in [6.07, 6.45) is 0.499. The lowest BCUT2D eigenvalue weighted by Crippen LogP contribution is -1.77. The van der Waals surface area contributed by atoms with Gasteiger partial charge in [0.15, 0.2) is 5.01 Å². The minimum atomic E-state index is 0.102. The van der Waals surface area contributed by atoms with Crippen LogP contribution in [0.3, 0.4) is 0 Å². The van der Waals surface area contributed by atoms with E-state index in [1.165, 1.54) is 11.5 Å². The summed E-state index contributed by atoms with van der Waals surface area (Å²) < 4.78 is 3.96. The number of hydrogen-bond donors (Lipinski definition) is 1. The molecule has 0 amide bonds. The highest BCUT2D eigenvalue weighted by atomic mass is 32.1. The Balaban J connectivity index is 2.59. The first kappa shape index (κ1) is 8.18. The molecule has 1 aromatic rings. The Morgan fingerprint density at radius 1 is 1.64 bits per heavy atom. The number of nitrogens with zero attached hydrogens (tertiary/aromatic N) is 2. The first-order valence-electron chi connectivity index (χ1n) is 3.23. The maximum Gasteiger partial charge on any atom is 0.186 e. The average molecular weight is 168 g/mol. The first-order valence-corrected chi connectivity index (χ1v) is 4.00. The van der Waals surface area contributed by atoms with Crippen LogP contribution in [0.25, 0.3) is 0 Å². The van der Waals surface area contributed by atoms with Crippen LogP contribution >= 0.6 is 11.5 Å². The Kier molecular flexibility index (Phi) is 3.02. The fourth-order valence-corrected chi connectivity index (χ4v) is 1.09. The third-order valence-corrected chi connectivity index (χ3v) is 1.68. The molecule has 0 fully saturated rings. The van der Waals surface area contributed by atoms with E-state index in [9.17, 15) is 0 Å². The second-order valence-electron chi connectivity index (χ2n) is 1.92. The molecule has 3 nitrogen and oxygen atoms in total. The summed E-state index contributed by atoms with van der Waals surface area (Å²) in [5.41, 5.74) is 0. The third-order valence-electron chi connectivity index (χ3n) is 0.960. The van der Waals surface area contributed by atoms with Crippen LogP contribution in [0.4, 0.5) is 0 Å². The zero-order valence-electron chi connectivity index (χ0n) is 6.16. The van der Waals surface area contributed by atoms with Gasteiger partial charge in [-0.2, -0.15) is 4.37 Å². The van der Waals surface area contributed by atoms with Crippen LogP contribution in [0.1, 0.15) is 17.3 Å². The van der Waals surface area contributed by atoms with Crippen molar-refractivity contribution in [3.8, 4) is 11.8 Å². The minimum absolute atomic E-state index is 0.102. The molecule has 1 heterocycles. The van der Waals surface area contributed by atoms with Crippen molar-refractivity contribution < 1.29 is 5.11 Å². The molecule has 0 unspecified atom stereocenters. The third kappa shape index (κ3) is 2.66. The van der Waals surface area contributed by atoms with Gasteiger partial charge in [0.2, 0.25) is 0 Å². The Morgan fingerprint density at radius 2 is 2.45 bits per heavy atom. The van der Waals surface area contributed by atoms with Crippen molar-refractivity contribution in [2.75, 3.05) is 6.61 Å². The lowest BCUT2D eigenvalue weighted by Gasteiger charge is -1.76. The predicted molar refractivity (Wildman–Crippen MR) is 43.2 cm³/mol. The van der Waals surface area contributed by atoms with Gasteiger partial charge in [0, 0.05) is 6.42 Å². The smallest absolute Gasteiger partial charge is 0.186 e. The maximum absolute atomic E-state index is 8.41. The molecular formula is C7H8N2OS. The van der Waals surface area contributed by atoms with Gasteiger partial charge in [0.05, 0.1) is 6.61 Å². The molecule has 0 saturated heterocycles. The highest BCUT2D eigenvalue weighted by molar-refractivity contribution is 7.06. The van der Waals surface area contributed by atoms with Crippen molar-refractivity contribution in [3.05, 3.63) is 10.8 Å². The molecule has 58 valence electrons. The van der Waals surface area contributed by atoms with Crippen LogP contribution in [-0.4, -0.2) is 21.1 Å². The number of aliphatic hydroxyl groups excluding tert-OH is 1. The van der Waals surface area contributed by atoms with E-state index in [-0.39, 0.29) is 6.61 Å². The van der Waals surface area contributed by atoms with Crippen LogP contribution in [-0.2, 0) is 0 Å². The SMILES string of the molecule is Cc1nsc(C#CCCO)n1. The van der Waals surface area contributed by atoms with Crippen molar-refractivity contribution in [2.45, 2.75) is 13.3 Å². The summed E-state index contributed by atoms with van der Waals surface area (Å²) in [6.45, 7) is 1.93. The molecule has 0 aliphatic heterocycles. The summed E-state index contributed by atoms with van der Waals surface area (Å²) in [7, 11) is 0. The molecule has 0 aliphatic carbocycles. The Labute approximate surface area is 69.3 Å². The van der Waals surface area contributed by atoms with Crippen molar-refractivity contribution >= 4 is 11.5 Å². The molecule has 4 heteroatoms.